The summed E-state index contributed by atoms with van der Waals surface area (Å²) >= 11 is 0. The maximum atomic E-state index is 12.3. The van der Waals surface area contributed by atoms with E-state index in [1.165, 1.54) is 31.4 Å². The lowest BCUT2D eigenvalue weighted by Gasteiger charge is -2.14. The van der Waals surface area contributed by atoms with Crippen LogP contribution in [-0.2, 0) is 9.53 Å². The average Bonchev–Trinajstić information content (AvgIpc) is 3.14. The standard InChI is InChI=1S/C18H18N2O5/c1-3-10-19-16(21)12(2)25-18(23)13-7-4-5-8-14(13)20-17(22)15-9-6-11-24-15/h3-9,11-12H,1,10H2,2H3,(H,19,21)(H,20,22)/t12-/m1/s1. The zero-order valence-corrected chi connectivity index (χ0v) is 13.7. The molecular weight excluding hydrogens is 324 g/mol. The number of para-hydroxylation sites is 1. The van der Waals surface area contributed by atoms with Crippen molar-refractivity contribution in [2.45, 2.75) is 13.0 Å². The second kappa shape index (κ2) is 8.49. The topological polar surface area (TPSA) is 97.6 Å². The quantitative estimate of drug-likeness (QED) is 0.595. The number of nitrogens with one attached hydrogen (secondary N) is 2. The van der Waals surface area contributed by atoms with E-state index in [-0.39, 0.29) is 23.6 Å². The Kier molecular flexibility index (Phi) is 6.11. The van der Waals surface area contributed by atoms with Crippen LogP contribution >= 0.6 is 0 Å². The molecule has 0 saturated heterocycles. The number of hydrogen-bond acceptors (Lipinski definition) is 5. The highest BCUT2D eigenvalue weighted by atomic mass is 16.5. The van der Waals surface area contributed by atoms with E-state index in [1.807, 2.05) is 0 Å². The van der Waals surface area contributed by atoms with Gasteiger partial charge in [0.2, 0.25) is 0 Å². The van der Waals surface area contributed by atoms with Crippen LogP contribution in [0.4, 0.5) is 5.69 Å². The minimum atomic E-state index is -0.985. The molecule has 0 aliphatic heterocycles. The Morgan fingerprint density at radius 2 is 2.00 bits per heavy atom. The van der Waals surface area contributed by atoms with Crippen molar-refractivity contribution in [2.24, 2.45) is 0 Å². The van der Waals surface area contributed by atoms with E-state index in [9.17, 15) is 14.4 Å². The zero-order valence-electron chi connectivity index (χ0n) is 13.7. The molecule has 1 heterocycles. The van der Waals surface area contributed by atoms with E-state index in [0.29, 0.717) is 0 Å². The van der Waals surface area contributed by atoms with Crippen molar-refractivity contribution in [3.05, 3.63) is 66.6 Å². The van der Waals surface area contributed by atoms with Gasteiger partial charge in [-0.25, -0.2) is 4.79 Å². The molecule has 0 aliphatic carbocycles. The Bertz CT molecular complexity index is 768. The molecule has 0 spiro atoms. The summed E-state index contributed by atoms with van der Waals surface area (Å²) < 4.78 is 10.2. The third-order valence-electron chi connectivity index (χ3n) is 3.21. The third kappa shape index (κ3) is 4.81. The molecule has 0 bridgehead atoms. The first-order valence-electron chi connectivity index (χ1n) is 7.56. The largest absolute Gasteiger partial charge is 0.459 e. The first-order valence-corrected chi connectivity index (χ1v) is 7.56. The van der Waals surface area contributed by atoms with Crippen LogP contribution in [-0.4, -0.2) is 30.4 Å². The Morgan fingerprint density at radius 3 is 2.68 bits per heavy atom. The van der Waals surface area contributed by atoms with E-state index >= 15 is 0 Å². The van der Waals surface area contributed by atoms with Gasteiger partial charge in [0.25, 0.3) is 11.8 Å². The normalized spacial score (nSPS) is 11.2. The van der Waals surface area contributed by atoms with Gasteiger partial charge in [0.05, 0.1) is 17.5 Å². The Hall–Kier alpha value is -3.35. The predicted molar refractivity (Wildman–Crippen MR) is 91.2 cm³/mol. The second-order valence-corrected chi connectivity index (χ2v) is 5.06. The van der Waals surface area contributed by atoms with E-state index in [2.05, 4.69) is 17.2 Å². The van der Waals surface area contributed by atoms with Gasteiger partial charge in [0.15, 0.2) is 11.9 Å². The number of carbonyl (C=O) groups is 3. The molecular formula is C18H18N2O5. The monoisotopic (exact) mass is 342 g/mol. The number of ether oxygens (including phenoxy) is 1. The highest BCUT2D eigenvalue weighted by Crippen LogP contribution is 2.18. The summed E-state index contributed by atoms with van der Waals surface area (Å²) in [5.41, 5.74) is 0.387. The van der Waals surface area contributed by atoms with Crippen molar-refractivity contribution in [3.63, 3.8) is 0 Å². The molecule has 0 fully saturated rings. The Balaban J connectivity index is 2.08. The van der Waals surface area contributed by atoms with Gasteiger partial charge in [-0.3, -0.25) is 9.59 Å². The molecule has 0 unspecified atom stereocenters. The van der Waals surface area contributed by atoms with Gasteiger partial charge in [-0.05, 0) is 31.2 Å². The van der Waals surface area contributed by atoms with Crippen molar-refractivity contribution in [2.75, 3.05) is 11.9 Å². The van der Waals surface area contributed by atoms with Crippen LogP contribution in [0.5, 0.6) is 0 Å². The maximum Gasteiger partial charge on any atom is 0.341 e. The van der Waals surface area contributed by atoms with Gasteiger partial charge >= 0.3 is 5.97 Å². The van der Waals surface area contributed by atoms with Gasteiger partial charge in [0.1, 0.15) is 0 Å². The van der Waals surface area contributed by atoms with Crippen LogP contribution in [0.3, 0.4) is 0 Å². The van der Waals surface area contributed by atoms with Gasteiger partial charge in [0, 0.05) is 6.54 Å². The van der Waals surface area contributed by atoms with Crippen molar-refractivity contribution in [1.82, 2.24) is 5.32 Å². The number of amides is 2. The molecule has 0 saturated carbocycles. The molecule has 25 heavy (non-hydrogen) atoms. The fourth-order valence-corrected chi connectivity index (χ4v) is 1.96. The molecule has 2 rings (SSSR count). The fourth-order valence-electron chi connectivity index (χ4n) is 1.96. The third-order valence-corrected chi connectivity index (χ3v) is 3.21. The van der Waals surface area contributed by atoms with Crippen LogP contribution in [0.15, 0.2) is 59.7 Å². The molecule has 7 heteroatoms. The first kappa shape index (κ1) is 18.0. The lowest BCUT2D eigenvalue weighted by Crippen LogP contribution is -2.36. The minimum absolute atomic E-state index is 0.111. The summed E-state index contributed by atoms with van der Waals surface area (Å²) in [7, 11) is 0. The van der Waals surface area contributed by atoms with E-state index in [0.717, 1.165) is 0 Å². The molecule has 130 valence electrons. The second-order valence-electron chi connectivity index (χ2n) is 5.06. The number of benzene rings is 1. The van der Waals surface area contributed by atoms with Crippen molar-refractivity contribution >= 4 is 23.5 Å². The molecule has 2 N–H and O–H groups in total. The predicted octanol–water partition coefficient (Wildman–Crippen LogP) is 2.38. The number of esters is 1. The van der Waals surface area contributed by atoms with Crippen molar-refractivity contribution in [3.8, 4) is 0 Å². The number of anilines is 1. The smallest absolute Gasteiger partial charge is 0.341 e. The van der Waals surface area contributed by atoms with Gasteiger partial charge in [-0.1, -0.05) is 18.2 Å². The summed E-state index contributed by atoms with van der Waals surface area (Å²) in [5, 5.41) is 5.12. The van der Waals surface area contributed by atoms with E-state index < -0.39 is 23.9 Å². The zero-order chi connectivity index (χ0) is 18.2. The number of rotatable bonds is 7. The lowest BCUT2D eigenvalue weighted by atomic mass is 10.1. The van der Waals surface area contributed by atoms with Crippen molar-refractivity contribution in [1.29, 1.82) is 0 Å². The van der Waals surface area contributed by atoms with Gasteiger partial charge in [-0.2, -0.15) is 0 Å². The molecule has 1 atom stereocenters. The molecule has 2 aromatic rings. The number of furan rings is 1. The summed E-state index contributed by atoms with van der Waals surface area (Å²) in [6, 6.07) is 9.42. The van der Waals surface area contributed by atoms with Crippen LogP contribution < -0.4 is 10.6 Å². The van der Waals surface area contributed by atoms with Crippen molar-refractivity contribution < 1.29 is 23.5 Å². The molecule has 7 nitrogen and oxygen atoms in total. The molecule has 0 aliphatic rings. The molecule has 1 aromatic carbocycles. The fraction of sp³-hybridized carbons (Fsp3) is 0.167. The summed E-state index contributed by atoms with van der Waals surface area (Å²) in [6.07, 6.45) is 1.91. The van der Waals surface area contributed by atoms with Gasteiger partial charge < -0.3 is 19.8 Å². The molecule has 1 aromatic heterocycles. The Morgan fingerprint density at radius 1 is 1.24 bits per heavy atom. The van der Waals surface area contributed by atoms with Gasteiger partial charge in [-0.15, -0.1) is 6.58 Å². The summed E-state index contributed by atoms with van der Waals surface area (Å²) in [5.74, 6) is -1.55. The van der Waals surface area contributed by atoms with Crippen LogP contribution in [0.2, 0.25) is 0 Å². The van der Waals surface area contributed by atoms with Crippen LogP contribution in [0, 0.1) is 0 Å². The maximum absolute atomic E-state index is 12.3. The average molecular weight is 342 g/mol. The first-order chi connectivity index (χ1) is 12.0. The van der Waals surface area contributed by atoms with E-state index in [1.54, 1.807) is 24.3 Å². The summed E-state index contributed by atoms with van der Waals surface area (Å²) in [4.78, 5) is 36.2. The minimum Gasteiger partial charge on any atom is -0.459 e. The molecule has 2 amide bonds. The van der Waals surface area contributed by atoms with Crippen LogP contribution in [0.25, 0.3) is 0 Å². The van der Waals surface area contributed by atoms with E-state index in [4.69, 9.17) is 9.15 Å². The highest BCUT2D eigenvalue weighted by Gasteiger charge is 2.21. The summed E-state index contributed by atoms with van der Waals surface area (Å²) in [6.45, 7) is 5.22. The molecule has 0 radical (unpaired) electrons. The Labute approximate surface area is 144 Å². The SMILES string of the molecule is C=CCNC(=O)[C@@H](C)OC(=O)c1ccccc1NC(=O)c1ccco1. The number of hydrogen-bond donors (Lipinski definition) is 2. The lowest BCUT2D eigenvalue weighted by molar-refractivity contribution is -0.128. The number of carbonyl (C=O) groups excluding carboxylic acids is 3. The van der Waals surface area contributed by atoms with Crippen LogP contribution in [0.1, 0.15) is 27.8 Å². The highest BCUT2D eigenvalue weighted by molar-refractivity contribution is 6.06.